The molecule has 0 saturated heterocycles. The van der Waals surface area contributed by atoms with Gasteiger partial charge in [0.05, 0.1) is 6.54 Å². The van der Waals surface area contributed by atoms with Crippen LogP contribution in [-0.2, 0) is 11.3 Å². The number of aromatic nitrogens is 3. The second-order valence-electron chi connectivity index (χ2n) is 5.34. The topological polar surface area (TPSA) is 98.1 Å². The van der Waals surface area contributed by atoms with Gasteiger partial charge in [-0.25, -0.2) is 0 Å². The van der Waals surface area contributed by atoms with Crippen molar-refractivity contribution >= 4 is 5.91 Å². The molecule has 0 radical (unpaired) electrons. The first-order valence-corrected chi connectivity index (χ1v) is 7.43. The van der Waals surface area contributed by atoms with Gasteiger partial charge in [0.2, 0.25) is 17.6 Å². The third kappa shape index (κ3) is 3.47. The van der Waals surface area contributed by atoms with Gasteiger partial charge in [-0.2, -0.15) is 4.98 Å². The number of carbonyl (C=O) groups is 1. The quantitative estimate of drug-likeness (QED) is 0.768. The lowest BCUT2D eigenvalue weighted by Gasteiger charge is -2.19. The molecular formula is C17H17N5O2. The third-order valence-corrected chi connectivity index (χ3v) is 3.56. The van der Waals surface area contributed by atoms with Gasteiger partial charge < -0.3 is 15.2 Å². The average Bonchev–Trinajstić information content (AvgIpc) is 3.10. The average molecular weight is 323 g/mol. The van der Waals surface area contributed by atoms with Gasteiger partial charge in [-0.3, -0.25) is 9.78 Å². The minimum absolute atomic E-state index is 0.187. The molecule has 3 rings (SSSR count). The van der Waals surface area contributed by atoms with Gasteiger partial charge in [0, 0.05) is 25.0 Å². The molecular weight excluding hydrogens is 306 g/mol. The fraction of sp³-hybridized carbons (Fsp3) is 0.176. The van der Waals surface area contributed by atoms with Crippen molar-refractivity contribution in [3.05, 3.63) is 66.3 Å². The van der Waals surface area contributed by atoms with Crippen molar-refractivity contribution < 1.29 is 9.32 Å². The van der Waals surface area contributed by atoms with Crippen LogP contribution in [0, 0.1) is 0 Å². The predicted molar refractivity (Wildman–Crippen MR) is 87.4 cm³/mol. The molecule has 2 N–H and O–H groups in total. The second kappa shape index (κ2) is 7.01. The van der Waals surface area contributed by atoms with Crippen molar-refractivity contribution in [1.82, 2.24) is 20.0 Å². The Morgan fingerprint density at radius 1 is 1.25 bits per heavy atom. The van der Waals surface area contributed by atoms with Crippen LogP contribution in [0.3, 0.4) is 0 Å². The number of hydrogen-bond donors (Lipinski definition) is 1. The van der Waals surface area contributed by atoms with Crippen molar-refractivity contribution in [2.24, 2.45) is 5.73 Å². The van der Waals surface area contributed by atoms with E-state index in [1.54, 1.807) is 25.5 Å². The Labute approximate surface area is 139 Å². The lowest BCUT2D eigenvalue weighted by molar-refractivity contribution is -0.132. The molecule has 0 aliphatic carbocycles. The standard InChI is InChI=1S/C17H17N5O2/c1-22(17(23)15(18)12-6-3-2-4-7-12)11-14-20-16(21-24-14)13-8-5-9-19-10-13/h2-10,15H,11,18H2,1H3/t15-/m0/s1. The highest BCUT2D eigenvalue weighted by Gasteiger charge is 2.21. The van der Waals surface area contributed by atoms with E-state index in [-0.39, 0.29) is 12.5 Å². The Balaban J connectivity index is 1.68. The van der Waals surface area contributed by atoms with E-state index in [2.05, 4.69) is 15.1 Å². The first kappa shape index (κ1) is 15.8. The van der Waals surface area contributed by atoms with Crippen LogP contribution >= 0.6 is 0 Å². The van der Waals surface area contributed by atoms with E-state index in [0.717, 1.165) is 11.1 Å². The van der Waals surface area contributed by atoms with E-state index in [1.165, 1.54) is 4.90 Å². The maximum Gasteiger partial charge on any atom is 0.246 e. The molecule has 0 aliphatic heterocycles. The third-order valence-electron chi connectivity index (χ3n) is 3.56. The van der Waals surface area contributed by atoms with Crippen molar-refractivity contribution in [1.29, 1.82) is 0 Å². The van der Waals surface area contributed by atoms with Crippen LogP contribution in [-0.4, -0.2) is 33.0 Å². The number of pyridine rings is 1. The van der Waals surface area contributed by atoms with Crippen LogP contribution in [0.1, 0.15) is 17.5 Å². The molecule has 0 spiro atoms. The van der Waals surface area contributed by atoms with E-state index in [0.29, 0.717) is 11.7 Å². The molecule has 0 fully saturated rings. The molecule has 1 atom stereocenters. The molecule has 122 valence electrons. The summed E-state index contributed by atoms with van der Waals surface area (Å²) in [5.74, 6) is 0.554. The Bertz CT molecular complexity index is 804. The summed E-state index contributed by atoms with van der Waals surface area (Å²) in [5, 5.41) is 3.91. The molecule has 0 saturated carbocycles. The molecule has 0 bridgehead atoms. The summed E-state index contributed by atoms with van der Waals surface area (Å²) in [5.41, 5.74) is 7.54. The molecule has 7 nitrogen and oxygen atoms in total. The molecule has 0 unspecified atom stereocenters. The number of rotatable bonds is 5. The largest absolute Gasteiger partial charge is 0.337 e. The zero-order chi connectivity index (χ0) is 16.9. The van der Waals surface area contributed by atoms with E-state index < -0.39 is 6.04 Å². The first-order chi connectivity index (χ1) is 11.6. The molecule has 1 aromatic carbocycles. The molecule has 2 aromatic heterocycles. The van der Waals surface area contributed by atoms with Crippen molar-refractivity contribution in [3.63, 3.8) is 0 Å². The Morgan fingerprint density at radius 2 is 2.04 bits per heavy atom. The lowest BCUT2D eigenvalue weighted by Crippen LogP contribution is -2.35. The van der Waals surface area contributed by atoms with Gasteiger partial charge in [0.25, 0.3) is 0 Å². The highest BCUT2D eigenvalue weighted by molar-refractivity contribution is 5.82. The molecule has 24 heavy (non-hydrogen) atoms. The van der Waals surface area contributed by atoms with Gasteiger partial charge in [0.1, 0.15) is 6.04 Å². The maximum absolute atomic E-state index is 12.4. The summed E-state index contributed by atoms with van der Waals surface area (Å²) in [7, 11) is 1.65. The Hall–Kier alpha value is -3.06. The van der Waals surface area contributed by atoms with Crippen LogP contribution < -0.4 is 5.73 Å². The van der Waals surface area contributed by atoms with Gasteiger partial charge in [-0.1, -0.05) is 35.5 Å². The molecule has 7 heteroatoms. The number of benzene rings is 1. The summed E-state index contributed by atoms with van der Waals surface area (Å²) in [4.78, 5) is 22.2. The van der Waals surface area contributed by atoms with Crippen LogP contribution in [0.15, 0.2) is 59.4 Å². The van der Waals surface area contributed by atoms with Gasteiger partial charge in [-0.05, 0) is 17.7 Å². The van der Waals surface area contributed by atoms with E-state index in [9.17, 15) is 4.79 Å². The minimum atomic E-state index is -0.725. The zero-order valence-electron chi connectivity index (χ0n) is 13.2. The maximum atomic E-state index is 12.4. The number of hydrogen-bond acceptors (Lipinski definition) is 6. The predicted octanol–water partition coefficient (Wildman–Crippen LogP) is 1.79. The number of nitrogens with zero attached hydrogens (tertiary/aromatic N) is 4. The van der Waals surface area contributed by atoms with Crippen LogP contribution in [0.25, 0.3) is 11.4 Å². The summed E-state index contributed by atoms with van der Waals surface area (Å²) in [6.45, 7) is 0.187. The molecule has 0 aliphatic rings. The van der Waals surface area contributed by atoms with Crippen LogP contribution in [0.2, 0.25) is 0 Å². The smallest absolute Gasteiger partial charge is 0.246 e. The number of likely N-dealkylation sites (N-methyl/N-ethyl adjacent to an activating group) is 1. The minimum Gasteiger partial charge on any atom is -0.337 e. The highest BCUT2D eigenvalue weighted by atomic mass is 16.5. The fourth-order valence-corrected chi connectivity index (χ4v) is 2.25. The lowest BCUT2D eigenvalue weighted by atomic mass is 10.1. The Morgan fingerprint density at radius 3 is 2.75 bits per heavy atom. The van der Waals surface area contributed by atoms with Crippen molar-refractivity contribution in [3.8, 4) is 11.4 Å². The van der Waals surface area contributed by atoms with Gasteiger partial charge in [-0.15, -0.1) is 0 Å². The van der Waals surface area contributed by atoms with Crippen LogP contribution in [0.4, 0.5) is 0 Å². The zero-order valence-corrected chi connectivity index (χ0v) is 13.2. The van der Waals surface area contributed by atoms with Crippen molar-refractivity contribution in [2.45, 2.75) is 12.6 Å². The first-order valence-electron chi connectivity index (χ1n) is 7.43. The van der Waals surface area contributed by atoms with Gasteiger partial charge in [0.15, 0.2) is 0 Å². The SMILES string of the molecule is CN(Cc1nc(-c2cccnc2)no1)C(=O)[C@@H](N)c1ccccc1. The number of amides is 1. The van der Waals surface area contributed by atoms with Crippen LogP contribution in [0.5, 0.6) is 0 Å². The normalized spacial score (nSPS) is 11.9. The fourth-order valence-electron chi connectivity index (χ4n) is 2.25. The number of carbonyl (C=O) groups excluding carboxylic acids is 1. The molecule has 1 amide bonds. The van der Waals surface area contributed by atoms with E-state index in [1.807, 2.05) is 36.4 Å². The van der Waals surface area contributed by atoms with E-state index in [4.69, 9.17) is 10.3 Å². The van der Waals surface area contributed by atoms with Crippen molar-refractivity contribution in [2.75, 3.05) is 7.05 Å². The summed E-state index contributed by atoms with van der Waals surface area (Å²) in [6, 6.07) is 12.1. The summed E-state index contributed by atoms with van der Waals surface area (Å²) in [6.07, 6.45) is 3.32. The molecule has 2 heterocycles. The molecule has 3 aromatic rings. The summed E-state index contributed by atoms with van der Waals surface area (Å²) < 4.78 is 5.20. The van der Waals surface area contributed by atoms with E-state index >= 15 is 0 Å². The highest BCUT2D eigenvalue weighted by Crippen LogP contribution is 2.16. The number of nitrogens with two attached hydrogens (primary N) is 1. The Kier molecular flexibility index (Phi) is 4.62. The second-order valence-corrected chi connectivity index (χ2v) is 5.34. The summed E-state index contributed by atoms with van der Waals surface area (Å²) >= 11 is 0. The monoisotopic (exact) mass is 323 g/mol. The van der Waals surface area contributed by atoms with Gasteiger partial charge >= 0.3 is 0 Å².